The van der Waals surface area contributed by atoms with Gasteiger partial charge < -0.3 is 11.5 Å². The Balaban J connectivity index is 2.41. The lowest BCUT2D eigenvalue weighted by atomic mass is 10.4. The van der Waals surface area contributed by atoms with Gasteiger partial charge >= 0.3 is 0 Å². The predicted octanol–water partition coefficient (Wildman–Crippen LogP) is 1.95. The molecule has 0 aliphatic carbocycles. The molecular formula is C7H9BrN4S2. The van der Waals surface area contributed by atoms with Crippen LogP contribution in [0.1, 0.15) is 5.56 Å². The maximum Gasteiger partial charge on any atom is 0.193 e. The Labute approximate surface area is 98.4 Å². The molecule has 0 saturated carbocycles. The minimum atomic E-state index is -0.0750. The average Bonchev–Trinajstić information content (AvgIpc) is 2.47. The maximum atomic E-state index is 7.38. The minimum Gasteiger partial charge on any atom is -0.370 e. The molecule has 0 fully saturated rings. The van der Waals surface area contributed by atoms with Crippen molar-refractivity contribution in [1.82, 2.24) is 0 Å². The van der Waals surface area contributed by atoms with E-state index in [1.54, 1.807) is 11.3 Å². The molecule has 0 aliphatic rings. The van der Waals surface area contributed by atoms with Crippen molar-refractivity contribution >= 4 is 50.2 Å². The number of aliphatic imine (C=N–C) groups is 1. The standard InChI is InChI=1S/C7H9BrN4S2/c8-5-1-4(2-13-5)3-14-7(11)12-6(9)10/h1-2H,3H2,(H5,9,10,11,12). The van der Waals surface area contributed by atoms with Gasteiger partial charge in [-0.15, -0.1) is 11.3 Å². The number of guanidine groups is 1. The van der Waals surface area contributed by atoms with E-state index in [4.69, 9.17) is 16.9 Å². The highest BCUT2D eigenvalue weighted by Gasteiger charge is 2.00. The fourth-order valence-electron chi connectivity index (χ4n) is 0.723. The minimum absolute atomic E-state index is 0.0750. The first-order valence-corrected chi connectivity index (χ1v) is 6.27. The zero-order chi connectivity index (χ0) is 10.6. The number of thioether (sulfide) groups is 1. The molecule has 14 heavy (non-hydrogen) atoms. The Kier molecular flexibility index (Phi) is 4.43. The zero-order valence-corrected chi connectivity index (χ0v) is 10.4. The van der Waals surface area contributed by atoms with Gasteiger partial charge in [-0.05, 0) is 32.9 Å². The van der Waals surface area contributed by atoms with Gasteiger partial charge in [0.05, 0.1) is 3.79 Å². The largest absolute Gasteiger partial charge is 0.370 e. The Morgan fingerprint density at radius 3 is 2.86 bits per heavy atom. The van der Waals surface area contributed by atoms with Gasteiger partial charge in [-0.2, -0.15) is 4.99 Å². The van der Waals surface area contributed by atoms with Gasteiger partial charge in [0, 0.05) is 5.75 Å². The van der Waals surface area contributed by atoms with Crippen molar-refractivity contribution in [1.29, 1.82) is 5.41 Å². The van der Waals surface area contributed by atoms with E-state index in [1.165, 1.54) is 11.8 Å². The second kappa shape index (κ2) is 5.38. The number of rotatable bonds is 2. The van der Waals surface area contributed by atoms with E-state index in [0.717, 1.165) is 9.35 Å². The molecule has 5 N–H and O–H groups in total. The van der Waals surface area contributed by atoms with Crippen LogP contribution in [0.15, 0.2) is 20.2 Å². The SMILES string of the molecule is N=C(N=C(N)N)SCc1csc(Br)c1. The second-order valence-corrected chi connectivity index (χ2v) is 5.64. The number of thiophene rings is 1. The van der Waals surface area contributed by atoms with Crippen molar-refractivity contribution in [2.75, 3.05) is 0 Å². The molecule has 0 bridgehead atoms. The van der Waals surface area contributed by atoms with Crippen LogP contribution in [0, 0.1) is 5.41 Å². The highest BCUT2D eigenvalue weighted by Crippen LogP contribution is 2.24. The van der Waals surface area contributed by atoms with Crippen LogP contribution in [0.2, 0.25) is 0 Å². The van der Waals surface area contributed by atoms with Crippen LogP contribution >= 0.6 is 39.0 Å². The lowest BCUT2D eigenvalue weighted by Crippen LogP contribution is -2.23. The van der Waals surface area contributed by atoms with E-state index in [-0.39, 0.29) is 11.1 Å². The van der Waals surface area contributed by atoms with Crippen molar-refractivity contribution < 1.29 is 0 Å². The normalized spacial score (nSPS) is 9.79. The molecule has 7 heteroatoms. The summed E-state index contributed by atoms with van der Waals surface area (Å²) >= 11 is 6.28. The molecule has 76 valence electrons. The fourth-order valence-corrected chi connectivity index (χ4v) is 2.68. The topological polar surface area (TPSA) is 88.2 Å². The summed E-state index contributed by atoms with van der Waals surface area (Å²) in [6.45, 7) is 0. The molecule has 0 saturated heterocycles. The Morgan fingerprint density at radius 1 is 1.64 bits per heavy atom. The summed E-state index contributed by atoms with van der Waals surface area (Å²) in [6.07, 6.45) is 0. The summed E-state index contributed by atoms with van der Waals surface area (Å²) in [5.41, 5.74) is 11.4. The van der Waals surface area contributed by atoms with Crippen LogP contribution in [-0.4, -0.2) is 11.1 Å². The lowest BCUT2D eigenvalue weighted by molar-refractivity contribution is 1.43. The van der Waals surface area contributed by atoms with Crippen LogP contribution < -0.4 is 11.5 Å². The van der Waals surface area contributed by atoms with Gasteiger partial charge in [-0.1, -0.05) is 11.8 Å². The zero-order valence-electron chi connectivity index (χ0n) is 7.16. The first kappa shape index (κ1) is 11.5. The molecule has 0 spiro atoms. The second-order valence-electron chi connectivity index (χ2n) is 2.39. The Bertz CT molecular complexity index is 356. The number of hydrogen-bond donors (Lipinski definition) is 3. The van der Waals surface area contributed by atoms with Crippen molar-refractivity contribution in [3.8, 4) is 0 Å². The maximum absolute atomic E-state index is 7.38. The Hall–Kier alpha value is -0.530. The number of nitrogens with zero attached hydrogens (tertiary/aromatic N) is 1. The van der Waals surface area contributed by atoms with Gasteiger partial charge in [-0.3, -0.25) is 5.41 Å². The van der Waals surface area contributed by atoms with Crippen LogP contribution in [0.25, 0.3) is 0 Å². The van der Waals surface area contributed by atoms with Gasteiger partial charge in [-0.25, -0.2) is 0 Å². The van der Waals surface area contributed by atoms with E-state index in [2.05, 4.69) is 20.9 Å². The molecule has 1 aromatic rings. The molecule has 1 rings (SSSR count). The molecule has 0 amide bonds. The third-order valence-electron chi connectivity index (χ3n) is 1.23. The third kappa shape index (κ3) is 4.12. The highest BCUT2D eigenvalue weighted by molar-refractivity contribution is 9.11. The molecule has 1 heterocycles. The molecule has 4 nitrogen and oxygen atoms in total. The van der Waals surface area contributed by atoms with Crippen molar-refractivity contribution in [2.24, 2.45) is 16.5 Å². The molecule has 0 radical (unpaired) electrons. The summed E-state index contributed by atoms with van der Waals surface area (Å²) in [5, 5.41) is 9.54. The van der Waals surface area contributed by atoms with Crippen molar-refractivity contribution in [3.63, 3.8) is 0 Å². The summed E-state index contributed by atoms with van der Waals surface area (Å²) in [4.78, 5) is 3.61. The van der Waals surface area contributed by atoms with E-state index in [1.807, 2.05) is 11.4 Å². The first-order chi connectivity index (χ1) is 6.58. The van der Waals surface area contributed by atoms with Gasteiger partial charge in [0.2, 0.25) is 0 Å². The van der Waals surface area contributed by atoms with Crippen LogP contribution in [0.3, 0.4) is 0 Å². The Morgan fingerprint density at radius 2 is 2.36 bits per heavy atom. The van der Waals surface area contributed by atoms with Crippen molar-refractivity contribution in [2.45, 2.75) is 5.75 Å². The molecule has 0 aliphatic heterocycles. The molecule has 0 unspecified atom stereocenters. The van der Waals surface area contributed by atoms with Gasteiger partial charge in [0.1, 0.15) is 0 Å². The molecule has 1 aromatic heterocycles. The summed E-state index contributed by atoms with van der Waals surface area (Å²) < 4.78 is 1.08. The first-order valence-electron chi connectivity index (χ1n) is 3.62. The van der Waals surface area contributed by atoms with E-state index in [9.17, 15) is 0 Å². The predicted molar refractivity (Wildman–Crippen MR) is 66.9 cm³/mol. The summed E-state index contributed by atoms with van der Waals surface area (Å²) in [6, 6.07) is 2.01. The summed E-state index contributed by atoms with van der Waals surface area (Å²) in [7, 11) is 0. The number of nitrogens with one attached hydrogen (secondary N) is 1. The fraction of sp³-hybridized carbons (Fsp3) is 0.143. The average molecular weight is 293 g/mol. The van der Waals surface area contributed by atoms with Crippen LogP contribution in [0.5, 0.6) is 0 Å². The van der Waals surface area contributed by atoms with Crippen LogP contribution in [-0.2, 0) is 5.75 Å². The number of halogens is 1. The van der Waals surface area contributed by atoms with E-state index < -0.39 is 0 Å². The third-order valence-corrected chi connectivity index (χ3v) is 3.62. The number of amidine groups is 1. The quantitative estimate of drug-likeness (QED) is 0.575. The van der Waals surface area contributed by atoms with Crippen LogP contribution in [0.4, 0.5) is 0 Å². The smallest absolute Gasteiger partial charge is 0.193 e. The lowest BCUT2D eigenvalue weighted by Gasteiger charge is -1.96. The summed E-state index contributed by atoms with van der Waals surface area (Å²) in [5.74, 6) is 0.631. The van der Waals surface area contributed by atoms with Crippen molar-refractivity contribution in [3.05, 3.63) is 20.8 Å². The number of nitrogens with two attached hydrogens (primary N) is 2. The van der Waals surface area contributed by atoms with E-state index >= 15 is 0 Å². The monoisotopic (exact) mass is 292 g/mol. The highest BCUT2D eigenvalue weighted by atomic mass is 79.9. The molecule has 0 aromatic carbocycles. The molecular weight excluding hydrogens is 284 g/mol. The van der Waals surface area contributed by atoms with Gasteiger partial charge in [0.25, 0.3) is 0 Å². The number of hydrogen-bond acceptors (Lipinski definition) is 3. The molecule has 0 atom stereocenters. The van der Waals surface area contributed by atoms with E-state index in [0.29, 0.717) is 5.75 Å². The van der Waals surface area contributed by atoms with Gasteiger partial charge in [0.15, 0.2) is 11.1 Å².